The van der Waals surface area contributed by atoms with Crippen molar-refractivity contribution >= 4 is 11.3 Å². The second-order valence-electron chi connectivity index (χ2n) is 4.36. The van der Waals surface area contributed by atoms with Gasteiger partial charge in [-0.1, -0.05) is 6.92 Å². The highest BCUT2D eigenvalue weighted by molar-refractivity contribution is 7.12. The molecule has 18 heavy (non-hydrogen) atoms. The summed E-state index contributed by atoms with van der Waals surface area (Å²) in [5, 5.41) is 3.21. The van der Waals surface area contributed by atoms with Crippen molar-refractivity contribution in [3.63, 3.8) is 0 Å². The summed E-state index contributed by atoms with van der Waals surface area (Å²) in [6, 6.07) is 2.00. The van der Waals surface area contributed by atoms with Gasteiger partial charge in [0.05, 0.1) is 6.54 Å². The van der Waals surface area contributed by atoms with Crippen LogP contribution in [0.15, 0.2) is 6.07 Å². The molecule has 104 valence electrons. The Morgan fingerprint density at radius 3 is 2.61 bits per heavy atom. The summed E-state index contributed by atoms with van der Waals surface area (Å²) >= 11 is 1.64. The third-order valence-electron chi connectivity index (χ3n) is 2.51. The zero-order valence-corrected chi connectivity index (χ0v) is 11.7. The van der Waals surface area contributed by atoms with Gasteiger partial charge in [0.1, 0.15) is 0 Å². The first kappa shape index (κ1) is 15.5. The minimum Gasteiger partial charge on any atom is -0.312 e. The van der Waals surface area contributed by atoms with Crippen LogP contribution in [0.25, 0.3) is 0 Å². The number of aryl methyl sites for hydroxylation is 1. The fraction of sp³-hybridized carbons (Fsp3) is 0.667. The SMILES string of the molecule is CCNCc1cc(CN(C)CC(F)(F)F)c(C)s1. The average Bonchev–Trinajstić information content (AvgIpc) is 2.53. The molecule has 0 unspecified atom stereocenters. The molecule has 1 N–H and O–H groups in total. The van der Waals surface area contributed by atoms with Crippen LogP contribution in [0.5, 0.6) is 0 Å². The molecule has 0 saturated heterocycles. The maximum atomic E-state index is 12.2. The molecule has 6 heteroatoms. The van der Waals surface area contributed by atoms with Crippen molar-refractivity contribution in [3.05, 3.63) is 21.4 Å². The van der Waals surface area contributed by atoms with Gasteiger partial charge in [0.25, 0.3) is 0 Å². The van der Waals surface area contributed by atoms with Crippen molar-refractivity contribution in [2.24, 2.45) is 0 Å². The lowest BCUT2D eigenvalue weighted by atomic mass is 10.2. The topological polar surface area (TPSA) is 15.3 Å². The molecule has 1 rings (SSSR count). The van der Waals surface area contributed by atoms with Crippen LogP contribution in [-0.2, 0) is 13.1 Å². The lowest BCUT2D eigenvalue weighted by Crippen LogP contribution is -2.30. The summed E-state index contributed by atoms with van der Waals surface area (Å²) in [4.78, 5) is 3.56. The predicted octanol–water partition coefficient (Wildman–Crippen LogP) is 3.16. The average molecular weight is 280 g/mol. The third-order valence-corrected chi connectivity index (χ3v) is 3.60. The molecule has 1 heterocycles. The number of rotatable bonds is 6. The Morgan fingerprint density at radius 2 is 2.06 bits per heavy atom. The van der Waals surface area contributed by atoms with E-state index in [0.717, 1.165) is 23.5 Å². The minimum atomic E-state index is -4.13. The van der Waals surface area contributed by atoms with Gasteiger partial charge in [-0.15, -0.1) is 11.3 Å². The Kier molecular flexibility index (Phi) is 5.62. The van der Waals surface area contributed by atoms with Gasteiger partial charge in [-0.2, -0.15) is 13.2 Å². The molecule has 0 fully saturated rings. The first-order chi connectivity index (χ1) is 8.31. The van der Waals surface area contributed by atoms with Gasteiger partial charge < -0.3 is 5.32 Å². The van der Waals surface area contributed by atoms with E-state index in [1.807, 2.05) is 19.9 Å². The van der Waals surface area contributed by atoms with Crippen LogP contribution < -0.4 is 5.32 Å². The molecule has 0 aliphatic rings. The second kappa shape index (κ2) is 6.54. The van der Waals surface area contributed by atoms with E-state index < -0.39 is 12.7 Å². The van der Waals surface area contributed by atoms with Gasteiger partial charge in [-0.05, 0) is 32.1 Å². The number of nitrogens with zero attached hydrogens (tertiary/aromatic N) is 1. The van der Waals surface area contributed by atoms with E-state index in [1.165, 1.54) is 16.8 Å². The molecule has 0 spiro atoms. The van der Waals surface area contributed by atoms with Crippen LogP contribution in [0.3, 0.4) is 0 Å². The number of hydrogen-bond donors (Lipinski definition) is 1. The Labute approximate surface area is 110 Å². The Morgan fingerprint density at radius 1 is 1.39 bits per heavy atom. The number of hydrogen-bond acceptors (Lipinski definition) is 3. The van der Waals surface area contributed by atoms with E-state index in [2.05, 4.69) is 5.32 Å². The quantitative estimate of drug-likeness (QED) is 0.861. The molecule has 0 aliphatic carbocycles. The molecular formula is C12H19F3N2S. The fourth-order valence-corrected chi connectivity index (χ4v) is 2.76. The number of halogens is 3. The van der Waals surface area contributed by atoms with Crippen molar-refractivity contribution in [1.82, 2.24) is 10.2 Å². The Bertz CT molecular complexity index is 374. The molecule has 2 nitrogen and oxygen atoms in total. The van der Waals surface area contributed by atoms with E-state index in [4.69, 9.17) is 0 Å². The highest BCUT2D eigenvalue weighted by Gasteiger charge is 2.29. The van der Waals surface area contributed by atoms with Crippen LogP contribution in [0, 0.1) is 6.92 Å². The molecule has 0 amide bonds. The van der Waals surface area contributed by atoms with Crippen molar-refractivity contribution < 1.29 is 13.2 Å². The van der Waals surface area contributed by atoms with Gasteiger partial charge in [0.2, 0.25) is 0 Å². The highest BCUT2D eigenvalue weighted by atomic mass is 32.1. The van der Waals surface area contributed by atoms with Crippen molar-refractivity contribution in [2.45, 2.75) is 33.1 Å². The van der Waals surface area contributed by atoms with Crippen LogP contribution in [-0.4, -0.2) is 31.2 Å². The van der Waals surface area contributed by atoms with Crippen molar-refractivity contribution in [1.29, 1.82) is 0 Å². The van der Waals surface area contributed by atoms with Crippen LogP contribution in [0.2, 0.25) is 0 Å². The molecule has 0 aliphatic heterocycles. The summed E-state index contributed by atoms with van der Waals surface area (Å²) in [5.41, 5.74) is 0.986. The lowest BCUT2D eigenvalue weighted by Gasteiger charge is -2.18. The zero-order valence-electron chi connectivity index (χ0n) is 10.9. The van der Waals surface area contributed by atoms with E-state index in [0.29, 0.717) is 6.54 Å². The molecule has 0 aromatic carbocycles. The zero-order chi connectivity index (χ0) is 13.8. The molecule has 0 bridgehead atoms. The Balaban J connectivity index is 2.58. The smallest absolute Gasteiger partial charge is 0.312 e. The van der Waals surface area contributed by atoms with E-state index >= 15 is 0 Å². The lowest BCUT2D eigenvalue weighted by molar-refractivity contribution is -0.144. The van der Waals surface area contributed by atoms with Crippen LogP contribution in [0.4, 0.5) is 13.2 Å². The fourth-order valence-electron chi connectivity index (χ4n) is 1.73. The molecule has 0 saturated carbocycles. The summed E-state index contributed by atoms with van der Waals surface area (Å²) in [6.45, 7) is 5.12. The molecule has 0 atom stereocenters. The molecule has 1 aromatic heterocycles. The number of nitrogens with one attached hydrogen (secondary N) is 1. The summed E-state index contributed by atoms with van der Waals surface area (Å²) in [6.07, 6.45) is -4.13. The van der Waals surface area contributed by atoms with E-state index in [1.54, 1.807) is 11.3 Å². The van der Waals surface area contributed by atoms with Crippen molar-refractivity contribution in [2.75, 3.05) is 20.1 Å². The van der Waals surface area contributed by atoms with Gasteiger partial charge in [-0.3, -0.25) is 4.90 Å². The van der Waals surface area contributed by atoms with Gasteiger partial charge in [0.15, 0.2) is 0 Å². The predicted molar refractivity (Wildman–Crippen MR) is 68.8 cm³/mol. The Hall–Kier alpha value is -0.590. The highest BCUT2D eigenvalue weighted by Crippen LogP contribution is 2.24. The maximum absolute atomic E-state index is 12.2. The molecule has 0 radical (unpaired) electrons. The van der Waals surface area contributed by atoms with E-state index in [-0.39, 0.29) is 0 Å². The van der Waals surface area contributed by atoms with Crippen LogP contribution in [0.1, 0.15) is 22.2 Å². The largest absolute Gasteiger partial charge is 0.401 e. The second-order valence-corrected chi connectivity index (χ2v) is 5.70. The number of thiophene rings is 1. The number of alkyl halides is 3. The monoisotopic (exact) mass is 280 g/mol. The van der Waals surface area contributed by atoms with E-state index in [9.17, 15) is 13.2 Å². The maximum Gasteiger partial charge on any atom is 0.401 e. The third kappa shape index (κ3) is 5.37. The van der Waals surface area contributed by atoms with Gasteiger partial charge >= 0.3 is 6.18 Å². The standard InChI is InChI=1S/C12H19F3N2S/c1-4-16-6-11-5-10(9(2)18-11)7-17(3)8-12(13,14)15/h5,16H,4,6-8H2,1-3H3. The minimum absolute atomic E-state index is 0.341. The van der Waals surface area contributed by atoms with Crippen LogP contribution >= 0.6 is 11.3 Å². The summed E-state index contributed by atoms with van der Waals surface area (Å²) < 4.78 is 36.7. The van der Waals surface area contributed by atoms with Crippen molar-refractivity contribution in [3.8, 4) is 0 Å². The first-order valence-corrected chi connectivity index (χ1v) is 6.67. The molecular weight excluding hydrogens is 261 g/mol. The summed E-state index contributed by atoms with van der Waals surface area (Å²) in [5.74, 6) is 0. The van der Waals surface area contributed by atoms with Gasteiger partial charge in [-0.25, -0.2) is 0 Å². The molecule has 1 aromatic rings. The first-order valence-electron chi connectivity index (χ1n) is 5.86. The normalized spacial score (nSPS) is 12.4. The summed E-state index contributed by atoms with van der Waals surface area (Å²) in [7, 11) is 1.49. The van der Waals surface area contributed by atoms with Gasteiger partial charge in [0, 0.05) is 22.8 Å².